The molecule has 1 aromatic heterocycles. The van der Waals surface area contributed by atoms with E-state index in [1.807, 2.05) is 6.92 Å². The van der Waals surface area contributed by atoms with Crippen LogP contribution in [0.3, 0.4) is 0 Å². The Bertz CT molecular complexity index is 481. The maximum atomic E-state index is 12.2. The predicted octanol–water partition coefficient (Wildman–Crippen LogP) is 0.117. The van der Waals surface area contributed by atoms with Crippen molar-refractivity contribution in [1.29, 1.82) is 0 Å². The minimum absolute atomic E-state index is 0.122. The van der Waals surface area contributed by atoms with Crippen LogP contribution in [-0.2, 0) is 0 Å². The van der Waals surface area contributed by atoms with Crippen molar-refractivity contribution in [2.24, 2.45) is 0 Å². The van der Waals surface area contributed by atoms with Crippen LogP contribution in [0.1, 0.15) is 23.0 Å². The molecule has 0 spiro atoms. The summed E-state index contributed by atoms with van der Waals surface area (Å²) in [5, 5.41) is 3.21. The fourth-order valence-corrected chi connectivity index (χ4v) is 2.04. The van der Waals surface area contributed by atoms with Gasteiger partial charge in [-0.15, -0.1) is 0 Å². The number of amides is 1. The number of pyridine rings is 1. The first-order chi connectivity index (χ1) is 8.09. The van der Waals surface area contributed by atoms with E-state index in [0.29, 0.717) is 6.54 Å². The van der Waals surface area contributed by atoms with Gasteiger partial charge in [-0.3, -0.25) is 9.59 Å². The molecule has 0 saturated carbocycles. The molecule has 1 atom stereocenters. The van der Waals surface area contributed by atoms with Crippen LogP contribution >= 0.6 is 0 Å². The maximum absolute atomic E-state index is 12.2. The molecule has 2 rings (SSSR count). The lowest BCUT2D eigenvalue weighted by atomic mass is 10.1. The van der Waals surface area contributed by atoms with Gasteiger partial charge in [0, 0.05) is 31.4 Å². The fraction of sp³-hybridized carbons (Fsp3) is 0.500. The number of H-pyrrole nitrogens is 1. The van der Waals surface area contributed by atoms with Crippen molar-refractivity contribution in [2.75, 3.05) is 19.6 Å². The highest BCUT2D eigenvalue weighted by Gasteiger charge is 2.25. The van der Waals surface area contributed by atoms with E-state index in [9.17, 15) is 9.59 Å². The Morgan fingerprint density at radius 3 is 2.88 bits per heavy atom. The van der Waals surface area contributed by atoms with Gasteiger partial charge >= 0.3 is 0 Å². The van der Waals surface area contributed by atoms with E-state index in [2.05, 4.69) is 10.3 Å². The van der Waals surface area contributed by atoms with Gasteiger partial charge in [-0.1, -0.05) is 0 Å². The molecule has 1 aromatic rings. The minimum Gasteiger partial charge on any atom is -0.333 e. The number of carbonyl (C=O) groups is 1. The van der Waals surface area contributed by atoms with Gasteiger partial charge in [0.2, 0.25) is 0 Å². The van der Waals surface area contributed by atoms with Gasteiger partial charge in [-0.2, -0.15) is 0 Å². The number of nitrogens with zero attached hydrogens (tertiary/aromatic N) is 1. The summed E-state index contributed by atoms with van der Waals surface area (Å²) >= 11 is 0. The van der Waals surface area contributed by atoms with Gasteiger partial charge < -0.3 is 15.2 Å². The molecule has 1 aliphatic rings. The fourth-order valence-electron chi connectivity index (χ4n) is 2.04. The van der Waals surface area contributed by atoms with Crippen LogP contribution in [0.15, 0.2) is 16.9 Å². The van der Waals surface area contributed by atoms with Crippen LogP contribution in [-0.4, -0.2) is 41.5 Å². The number of carbonyl (C=O) groups excluding carboxylic acids is 1. The standard InChI is InChI=1S/C12H17N3O2/c1-8-3-4-10(11(16)14-8)12(17)15-6-5-13-7-9(15)2/h3-4,9,13H,5-7H2,1-2H3,(H,14,16)/t9-/m0/s1. The zero-order chi connectivity index (χ0) is 12.4. The van der Waals surface area contributed by atoms with Gasteiger partial charge in [0.1, 0.15) is 5.56 Å². The maximum Gasteiger partial charge on any atom is 0.260 e. The lowest BCUT2D eigenvalue weighted by molar-refractivity contribution is 0.0654. The van der Waals surface area contributed by atoms with Gasteiger partial charge in [0.05, 0.1) is 0 Å². The van der Waals surface area contributed by atoms with Gasteiger partial charge in [0.25, 0.3) is 11.5 Å². The number of rotatable bonds is 1. The van der Waals surface area contributed by atoms with E-state index in [-0.39, 0.29) is 23.1 Å². The predicted molar refractivity (Wildman–Crippen MR) is 65.2 cm³/mol. The number of nitrogens with one attached hydrogen (secondary N) is 2. The topological polar surface area (TPSA) is 65.2 Å². The summed E-state index contributed by atoms with van der Waals surface area (Å²) in [6.07, 6.45) is 0. The molecular formula is C12H17N3O2. The number of aryl methyl sites for hydroxylation is 1. The zero-order valence-electron chi connectivity index (χ0n) is 10.1. The summed E-state index contributed by atoms with van der Waals surface area (Å²) < 4.78 is 0. The smallest absolute Gasteiger partial charge is 0.260 e. The molecular weight excluding hydrogens is 218 g/mol. The Labute approximate surface area is 99.8 Å². The number of hydrogen-bond acceptors (Lipinski definition) is 3. The summed E-state index contributed by atoms with van der Waals surface area (Å²) in [5.74, 6) is -0.180. The van der Waals surface area contributed by atoms with Crippen molar-refractivity contribution in [3.8, 4) is 0 Å². The number of hydrogen-bond donors (Lipinski definition) is 2. The molecule has 1 amide bonds. The SMILES string of the molecule is Cc1ccc(C(=O)N2CCNC[C@@H]2C)c(=O)[nH]1. The van der Waals surface area contributed by atoms with Crippen LogP contribution < -0.4 is 10.9 Å². The van der Waals surface area contributed by atoms with E-state index in [4.69, 9.17) is 0 Å². The van der Waals surface area contributed by atoms with E-state index < -0.39 is 0 Å². The van der Waals surface area contributed by atoms with Crippen LogP contribution in [0.5, 0.6) is 0 Å². The first-order valence-corrected chi connectivity index (χ1v) is 5.81. The molecule has 5 heteroatoms. The van der Waals surface area contributed by atoms with Crippen molar-refractivity contribution in [3.05, 3.63) is 33.7 Å². The summed E-state index contributed by atoms with van der Waals surface area (Å²) in [6.45, 7) is 5.97. The average molecular weight is 235 g/mol. The molecule has 0 unspecified atom stereocenters. The molecule has 92 valence electrons. The van der Waals surface area contributed by atoms with Crippen LogP contribution in [0.2, 0.25) is 0 Å². The molecule has 0 aliphatic carbocycles. The number of aromatic nitrogens is 1. The summed E-state index contributed by atoms with van der Waals surface area (Å²) in [6, 6.07) is 3.48. The van der Waals surface area contributed by atoms with Crippen molar-refractivity contribution in [2.45, 2.75) is 19.9 Å². The number of piperazine rings is 1. The Morgan fingerprint density at radius 2 is 2.24 bits per heavy atom. The average Bonchev–Trinajstić information content (AvgIpc) is 2.29. The van der Waals surface area contributed by atoms with Gasteiger partial charge in [-0.25, -0.2) is 0 Å². The van der Waals surface area contributed by atoms with Gasteiger partial charge in [-0.05, 0) is 26.0 Å². The van der Waals surface area contributed by atoms with Crippen molar-refractivity contribution >= 4 is 5.91 Å². The summed E-state index contributed by atoms with van der Waals surface area (Å²) in [5.41, 5.74) is 0.685. The third-order valence-corrected chi connectivity index (χ3v) is 3.05. The van der Waals surface area contributed by atoms with Crippen molar-refractivity contribution in [3.63, 3.8) is 0 Å². The van der Waals surface area contributed by atoms with Crippen molar-refractivity contribution < 1.29 is 4.79 Å². The molecule has 1 fully saturated rings. The van der Waals surface area contributed by atoms with Gasteiger partial charge in [0.15, 0.2) is 0 Å². The number of aromatic amines is 1. The van der Waals surface area contributed by atoms with E-state index >= 15 is 0 Å². The monoisotopic (exact) mass is 235 g/mol. The first-order valence-electron chi connectivity index (χ1n) is 5.81. The lowest BCUT2D eigenvalue weighted by Crippen LogP contribution is -2.53. The Balaban J connectivity index is 2.27. The van der Waals surface area contributed by atoms with Crippen molar-refractivity contribution in [1.82, 2.24) is 15.2 Å². The quantitative estimate of drug-likeness (QED) is 0.726. The lowest BCUT2D eigenvalue weighted by Gasteiger charge is -2.33. The normalized spacial score (nSPS) is 20.4. The van der Waals surface area contributed by atoms with E-state index in [0.717, 1.165) is 18.8 Å². The molecule has 2 N–H and O–H groups in total. The van der Waals surface area contributed by atoms with E-state index in [1.54, 1.807) is 24.0 Å². The second kappa shape index (κ2) is 4.71. The second-order valence-corrected chi connectivity index (χ2v) is 4.44. The molecule has 2 heterocycles. The summed E-state index contributed by atoms with van der Waals surface area (Å²) in [4.78, 5) is 28.3. The largest absolute Gasteiger partial charge is 0.333 e. The molecule has 0 radical (unpaired) electrons. The second-order valence-electron chi connectivity index (χ2n) is 4.44. The molecule has 0 aromatic carbocycles. The Hall–Kier alpha value is -1.62. The van der Waals surface area contributed by atoms with E-state index in [1.165, 1.54) is 0 Å². The highest BCUT2D eigenvalue weighted by Crippen LogP contribution is 2.07. The first kappa shape index (κ1) is 11.9. The highest BCUT2D eigenvalue weighted by atomic mass is 16.2. The molecule has 0 bridgehead atoms. The van der Waals surface area contributed by atoms with Crippen LogP contribution in [0.25, 0.3) is 0 Å². The third-order valence-electron chi connectivity index (χ3n) is 3.05. The molecule has 17 heavy (non-hydrogen) atoms. The molecule has 1 saturated heterocycles. The third kappa shape index (κ3) is 2.39. The molecule has 1 aliphatic heterocycles. The Morgan fingerprint density at radius 1 is 1.47 bits per heavy atom. The van der Waals surface area contributed by atoms with Crippen LogP contribution in [0.4, 0.5) is 0 Å². The minimum atomic E-state index is -0.305. The summed E-state index contributed by atoms with van der Waals surface area (Å²) in [7, 11) is 0. The highest BCUT2D eigenvalue weighted by molar-refractivity contribution is 5.94. The zero-order valence-corrected chi connectivity index (χ0v) is 10.1. The Kier molecular flexibility index (Phi) is 3.28. The van der Waals surface area contributed by atoms with Crippen LogP contribution in [0, 0.1) is 6.92 Å². The molecule has 5 nitrogen and oxygen atoms in total.